The molecule has 1 rings (SSSR count). The Hall–Kier alpha value is -1.02. The second-order valence-corrected chi connectivity index (χ2v) is 2.53. The summed E-state index contributed by atoms with van der Waals surface area (Å²) in [6.07, 6.45) is 0.961. The number of benzene rings is 1. The molecule has 0 radical (unpaired) electrons. The van der Waals surface area contributed by atoms with E-state index in [9.17, 15) is 0 Å². The number of rotatable bonds is 2. The zero-order valence-corrected chi connectivity index (χ0v) is 6.79. The summed E-state index contributed by atoms with van der Waals surface area (Å²) in [5.74, 6) is 0.507. The standard InChI is InChI=1S/C9H12O2/c1-3-8-6-9(11-10)5-4-7(8)2/h4-6,10H,3H2,1-2H3. The van der Waals surface area contributed by atoms with Crippen LogP contribution in [0.3, 0.4) is 0 Å². The molecule has 1 N–H and O–H groups in total. The molecule has 0 aliphatic rings. The molecule has 2 heteroatoms. The Morgan fingerprint density at radius 2 is 2.18 bits per heavy atom. The Kier molecular flexibility index (Phi) is 2.49. The number of hydrogen-bond donors (Lipinski definition) is 1. The molecule has 1 aromatic carbocycles. The third kappa shape index (κ3) is 1.71. The monoisotopic (exact) mass is 152 g/mol. The maximum absolute atomic E-state index is 8.35. The fraction of sp³-hybridized carbons (Fsp3) is 0.333. The van der Waals surface area contributed by atoms with Gasteiger partial charge in [0.15, 0.2) is 5.75 Å². The van der Waals surface area contributed by atoms with Crippen LogP contribution in [0.2, 0.25) is 0 Å². The maximum Gasteiger partial charge on any atom is 0.165 e. The number of hydrogen-bond acceptors (Lipinski definition) is 2. The molecular formula is C9H12O2. The van der Waals surface area contributed by atoms with Gasteiger partial charge in [-0.05, 0) is 36.6 Å². The molecule has 11 heavy (non-hydrogen) atoms. The summed E-state index contributed by atoms with van der Waals surface area (Å²) in [7, 11) is 0. The lowest BCUT2D eigenvalue weighted by Crippen LogP contribution is -1.89. The van der Waals surface area contributed by atoms with Crippen molar-refractivity contribution in [1.29, 1.82) is 0 Å². The first-order chi connectivity index (χ1) is 5.27. The van der Waals surface area contributed by atoms with E-state index in [0.29, 0.717) is 5.75 Å². The van der Waals surface area contributed by atoms with Gasteiger partial charge in [-0.2, -0.15) is 0 Å². The Morgan fingerprint density at radius 3 is 2.73 bits per heavy atom. The normalized spacial score (nSPS) is 9.73. The molecular weight excluding hydrogens is 140 g/mol. The molecule has 0 bridgehead atoms. The molecule has 0 aromatic heterocycles. The SMILES string of the molecule is CCc1cc(OO)ccc1C. The lowest BCUT2D eigenvalue weighted by molar-refractivity contribution is -0.137. The predicted octanol–water partition coefficient (Wildman–Crippen LogP) is 2.41. The van der Waals surface area contributed by atoms with Gasteiger partial charge >= 0.3 is 0 Å². The van der Waals surface area contributed by atoms with Gasteiger partial charge in [0, 0.05) is 0 Å². The molecule has 0 atom stereocenters. The third-order valence-electron chi connectivity index (χ3n) is 1.81. The van der Waals surface area contributed by atoms with Crippen molar-refractivity contribution in [2.24, 2.45) is 0 Å². The van der Waals surface area contributed by atoms with Crippen LogP contribution in [0.1, 0.15) is 18.1 Å². The maximum atomic E-state index is 8.35. The van der Waals surface area contributed by atoms with Crippen LogP contribution in [0.25, 0.3) is 0 Å². The lowest BCUT2D eigenvalue weighted by atomic mass is 10.1. The average molecular weight is 152 g/mol. The van der Waals surface area contributed by atoms with Gasteiger partial charge in [-0.15, -0.1) is 0 Å². The van der Waals surface area contributed by atoms with Crippen LogP contribution >= 0.6 is 0 Å². The highest BCUT2D eigenvalue weighted by Crippen LogP contribution is 2.16. The van der Waals surface area contributed by atoms with E-state index in [-0.39, 0.29) is 0 Å². The summed E-state index contributed by atoms with van der Waals surface area (Å²) in [5.41, 5.74) is 2.44. The highest BCUT2D eigenvalue weighted by molar-refractivity contribution is 5.34. The first-order valence-corrected chi connectivity index (χ1v) is 3.69. The summed E-state index contributed by atoms with van der Waals surface area (Å²) in [6.45, 7) is 4.11. The molecule has 0 aliphatic heterocycles. The van der Waals surface area contributed by atoms with Crippen molar-refractivity contribution in [2.45, 2.75) is 20.3 Å². The van der Waals surface area contributed by atoms with E-state index in [1.165, 1.54) is 11.1 Å². The van der Waals surface area contributed by atoms with Crippen molar-refractivity contribution in [1.82, 2.24) is 0 Å². The van der Waals surface area contributed by atoms with Crippen molar-refractivity contribution in [3.8, 4) is 5.75 Å². The minimum absolute atomic E-state index is 0.507. The lowest BCUT2D eigenvalue weighted by Gasteiger charge is -2.03. The Bertz CT molecular complexity index is 243. The minimum atomic E-state index is 0.507. The third-order valence-corrected chi connectivity index (χ3v) is 1.81. The molecule has 2 nitrogen and oxygen atoms in total. The van der Waals surface area contributed by atoms with Gasteiger partial charge < -0.3 is 4.89 Å². The predicted molar refractivity (Wildman–Crippen MR) is 43.8 cm³/mol. The summed E-state index contributed by atoms with van der Waals surface area (Å²) >= 11 is 0. The van der Waals surface area contributed by atoms with Gasteiger partial charge in [0.25, 0.3) is 0 Å². The van der Waals surface area contributed by atoms with Gasteiger partial charge in [0.2, 0.25) is 0 Å². The van der Waals surface area contributed by atoms with Gasteiger partial charge in [-0.1, -0.05) is 13.0 Å². The Balaban J connectivity index is 3.02. The van der Waals surface area contributed by atoms with E-state index >= 15 is 0 Å². The van der Waals surface area contributed by atoms with Crippen molar-refractivity contribution in [3.63, 3.8) is 0 Å². The van der Waals surface area contributed by atoms with E-state index in [1.54, 1.807) is 6.07 Å². The largest absolute Gasteiger partial charge is 0.340 e. The van der Waals surface area contributed by atoms with E-state index in [0.717, 1.165) is 6.42 Å². The van der Waals surface area contributed by atoms with E-state index in [2.05, 4.69) is 11.8 Å². The van der Waals surface area contributed by atoms with Crippen LogP contribution in [0.4, 0.5) is 0 Å². The molecule has 0 fully saturated rings. The van der Waals surface area contributed by atoms with E-state index < -0.39 is 0 Å². The van der Waals surface area contributed by atoms with Gasteiger partial charge in [0.1, 0.15) is 0 Å². The summed E-state index contributed by atoms with van der Waals surface area (Å²) in [5, 5.41) is 8.35. The quantitative estimate of drug-likeness (QED) is 0.521. The van der Waals surface area contributed by atoms with Crippen LogP contribution in [-0.4, -0.2) is 5.26 Å². The van der Waals surface area contributed by atoms with Crippen molar-refractivity contribution < 1.29 is 10.1 Å². The molecule has 0 aliphatic carbocycles. The zero-order valence-electron chi connectivity index (χ0n) is 6.79. The van der Waals surface area contributed by atoms with Crippen LogP contribution in [0.15, 0.2) is 18.2 Å². The summed E-state index contributed by atoms with van der Waals surface area (Å²) < 4.78 is 0. The zero-order chi connectivity index (χ0) is 8.27. The highest BCUT2D eigenvalue weighted by Gasteiger charge is 1.97. The Morgan fingerprint density at radius 1 is 1.45 bits per heavy atom. The fourth-order valence-corrected chi connectivity index (χ4v) is 1.09. The fourth-order valence-electron chi connectivity index (χ4n) is 1.09. The molecule has 60 valence electrons. The molecule has 1 aromatic rings. The molecule has 0 unspecified atom stereocenters. The van der Waals surface area contributed by atoms with Gasteiger partial charge in [0.05, 0.1) is 0 Å². The van der Waals surface area contributed by atoms with Crippen LogP contribution in [-0.2, 0) is 6.42 Å². The molecule has 0 heterocycles. The molecule has 0 spiro atoms. The second-order valence-electron chi connectivity index (χ2n) is 2.53. The Labute approximate surface area is 66.4 Å². The minimum Gasteiger partial charge on any atom is -0.340 e. The van der Waals surface area contributed by atoms with E-state index in [1.807, 2.05) is 19.1 Å². The summed E-state index contributed by atoms with van der Waals surface area (Å²) in [6, 6.07) is 5.52. The van der Waals surface area contributed by atoms with Crippen molar-refractivity contribution in [2.75, 3.05) is 0 Å². The van der Waals surface area contributed by atoms with Gasteiger partial charge in [-0.25, -0.2) is 5.26 Å². The van der Waals surface area contributed by atoms with Crippen LogP contribution < -0.4 is 4.89 Å². The number of aryl methyl sites for hydroxylation is 2. The van der Waals surface area contributed by atoms with Crippen molar-refractivity contribution >= 4 is 0 Å². The smallest absolute Gasteiger partial charge is 0.165 e. The molecule has 0 amide bonds. The topological polar surface area (TPSA) is 29.5 Å². The average Bonchev–Trinajstić information content (AvgIpc) is 2.05. The first kappa shape index (κ1) is 8.08. The molecule has 0 saturated heterocycles. The van der Waals surface area contributed by atoms with Crippen molar-refractivity contribution in [3.05, 3.63) is 29.3 Å². The second kappa shape index (κ2) is 3.39. The van der Waals surface area contributed by atoms with E-state index in [4.69, 9.17) is 5.26 Å². The van der Waals surface area contributed by atoms with Crippen LogP contribution in [0.5, 0.6) is 5.75 Å². The molecule has 0 saturated carbocycles. The van der Waals surface area contributed by atoms with Crippen LogP contribution in [0, 0.1) is 6.92 Å². The summed E-state index contributed by atoms with van der Waals surface area (Å²) in [4.78, 5) is 4.11. The highest BCUT2D eigenvalue weighted by atomic mass is 17.1. The first-order valence-electron chi connectivity index (χ1n) is 3.69. The van der Waals surface area contributed by atoms with Gasteiger partial charge in [-0.3, -0.25) is 0 Å².